The third-order valence-electron chi connectivity index (χ3n) is 8.50. The average molecular weight is 618 g/mol. The minimum absolute atomic E-state index is 0.501. The second-order valence-electron chi connectivity index (χ2n) is 11.5. The molecule has 0 aliphatic heterocycles. The van der Waals surface area contributed by atoms with E-state index >= 15 is 0 Å². The molecular formula is C44H31N3O. The van der Waals surface area contributed by atoms with Gasteiger partial charge in [0.1, 0.15) is 0 Å². The summed E-state index contributed by atoms with van der Waals surface area (Å²) in [5, 5.41) is 8.57. The van der Waals surface area contributed by atoms with E-state index in [1.807, 2.05) is 54.6 Å². The summed E-state index contributed by atoms with van der Waals surface area (Å²) in [6, 6.07) is 65.2. The molecule has 0 saturated carbocycles. The molecule has 8 aromatic rings. The van der Waals surface area contributed by atoms with E-state index < -0.39 is 0 Å². The SMILES string of the molecule is c1ccc(-c2nnc(-c3ccc(-c4ccccc4-c4ccccc4-c4ccc(N(c5ccccc5)c5ccccc5)cc4)cc3)o2)cc1. The number of nitrogens with zero attached hydrogens (tertiary/aromatic N) is 3. The van der Waals surface area contributed by atoms with Crippen LogP contribution in [0.15, 0.2) is 192 Å². The van der Waals surface area contributed by atoms with Crippen LogP contribution in [-0.2, 0) is 0 Å². The van der Waals surface area contributed by atoms with Gasteiger partial charge in [0.15, 0.2) is 0 Å². The fourth-order valence-electron chi connectivity index (χ4n) is 6.16. The Hall–Kier alpha value is -6.52. The second kappa shape index (κ2) is 13.1. The Bertz CT molecular complexity index is 2220. The fraction of sp³-hybridized carbons (Fsp3) is 0. The summed E-state index contributed by atoms with van der Waals surface area (Å²) in [4.78, 5) is 2.28. The molecule has 228 valence electrons. The van der Waals surface area contributed by atoms with E-state index in [4.69, 9.17) is 4.42 Å². The first-order valence-corrected chi connectivity index (χ1v) is 16.0. The lowest BCUT2D eigenvalue weighted by Crippen LogP contribution is -2.09. The molecule has 7 aromatic carbocycles. The van der Waals surface area contributed by atoms with Crippen LogP contribution < -0.4 is 4.90 Å². The topological polar surface area (TPSA) is 42.2 Å². The van der Waals surface area contributed by atoms with Gasteiger partial charge in [0.2, 0.25) is 11.8 Å². The molecular weight excluding hydrogens is 587 g/mol. The van der Waals surface area contributed by atoms with Crippen molar-refractivity contribution < 1.29 is 4.42 Å². The van der Waals surface area contributed by atoms with Crippen molar-refractivity contribution in [3.63, 3.8) is 0 Å². The third-order valence-corrected chi connectivity index (χ3v) is 8.50. The summed E-state index contributed by atoms with van der Waals surface area (Å²) in [6.45, 7) is 0. The van der Waals surface area contributed by atoms with Gasteiger partial charge >= 0.3 is 0 Å². The van der Waals surface area contributed by atoms with E-state index in [-0.39, 0.29) is 0 Å². The first-order chi connectivity index (χ1) is 23.8. The van der Waals surface area contributed by atoms with Crippen molar-refractivity contribution in [3.05, 3.63) is 188 Å². The maximum atomic E-state index is 6.01. The molecule has 0 bridgehead atoms. The highest BCUT2D eigenvalue weighted by atomic mass is 16.4. The molecule has 0 aliphatic rings. The van der Waals surface area contributed by atoms with Crippen LogP contribution in [0.2, 0.25) is 0 Å². The van der Waals surface area contributed by atoms with Crippen molar-refractivity contribution in [2.45, 2.75) is 0 Å². The van der Waals surface area contributed by atoms with Crippen molar-refractivity contribution >= 4 is 17.1 Å². The van der Waals surface area contributed by atoms with E-state index in [2.05, 4.69) is 149 Å². The normalized spacial score (nSPS) is 10.9. The molecule has 4 nitrogen and oxygen atoms in total. The number of para-hydroxylation sites is 2. The molecule has 0 saturated heterocycles. The van der Waals surface area contributed by atoms with E-state index in [9.17, 15) is 0 Å². The fourth-order valence-corrected chi connectivity index (χ4v) is 6.16. The molecule has 1 heterocycles. The highest BCUT2D eigenvalue weighted by Gasteiger charge is 2.16. The van der Waals surface area contributed by atoms with E-state index in [0.717, 1.165) is 44.9 Å². The lowest BCUT2D eigenvalue weighted by molar-refractivity contribution is 0.584. The van der Waals surface area contributed by atoms with Gasteiger partial charge in [0.05, 0.1) is 0 Å². The standard InChI is InChI=1S/C44H31N3O/c1-4-14-34(15-5-1)43-45-46-44(48-43)35-26-24-32(25-27-35)39-20-10-12-22-41(39)42-23-13-11-21-40(42)33-28-30-38(31-29-33)47(36-16-6-2-7-17-36)37-18-8-3-9-19-37/h1-31H. The smallest absolute Gasteiger partial charge is 0.248 e. The van der Waals surface area contributed by atoms with Gasteiger partial charge < -0.3 is 9.32 Å². The monoisotopic (exact) mass is 617 g/mol. The molecule has 0 fully saturated rings. The molecule has 0 N–H and O–H groups in total. The molecule has 0 spiro atoms. The van der Waals surface area contributed by atoms with Crippen LogP contribution in [-0.4, -0.2) is 10.2 Å². The summed E-state index contributed by atoms with van der Waals surface area (Å²) in [5.74, 6) is 1.01. The Morgan fingerprint density at radius 3 is 1.10 bits per heavy atom. The van der Waals surface area contributed by atoms with Gasteiger partial charge in [-0.3, -0.25) is 0 Å². The van der Waals surface area contributed by atoms with E-state index in [1.54, 1.807) is 0 Å². The van der Waals surface area contributed by atoms with Gasteiger partial charge in [-0.15, -0.1) is 10.2 Å². The lowest BCUT2D eigenvalue weighted by atomic mass is 9.89. The summed E-state index contributed by atoms with van der Waals surface area (Å²) >= 11 is 0. The second-order valence-corrected chi connectivity index (χ2v) is 11.5. The Morgan fingerprint density at radius 2 is 0.625 bits per heavy atom. The lowest BCUT2D eigenvalue weighted by Gasteiger charge is -2.25. The van der Waals surface area contributed by atoms with Gasteiger partial charge in [-0.2, -0.15) is 0 Å². The zero-order chi connectivity index (χ0) is 32.1. The van der Waals surface area contributed by atoms with Crippen molar-refractivity contribution in [1.29, 1.82) is 0 Å². The number of benzene rings is 7. The molecule has 0 unspecified atom stereocenters. The predicted molar refractivity (Wildman–Crippen MR) is 196 cm³/mol. The summed E-state index contributed by atoms with van der Waals surface area (Å²) in [6.07, 6.45) is 0. The quantitative estimate of drug-likeness (QED) is 0.170. The van der Waals surface area contributed by atoms with Gasteiger partial charge in [0.25, 0.3) is 0 Å². The average Bonchev–Trinajstić information content (AvgIpc) is 3.67. The van der Waals surface area contributed by atoms with Crippen LogP contribution in [0, 0.1) is 0 Å². The van der Waals surface area contributed by atoms with Gasteiger partial charge in [-0.1, -0.05) is 127 Å². The molecule has 4 heteroatoms. The van der Waals surface area contributed by atoms with E-state index in [1.165, 1.54) is 16.7 Å². The summed E-state index contributed by atoms with van der Waals surface area (Å²) in [5.41, 5.74) is 12.1. The number of aromatic nitrogens is 2. The van der Waals surface area contributed by atoms with Crippen LogP contribution in [0.3, 0.4) is 0 Å². The molecule has 1 aromatic heterocycles. The minimum atomic E-state index is 0.501. The summed E-state index contributed by atoms with van der Waals surface area (Å²) < 4.78 is 6.01. The van der Waals surface area contributed by atoms with Crippen LogP contribution in [0.5, 0.6) is 0 Å². The third kappa shape index (κ3) is 5.79. The largest absolute Gasteiger partial charge is 0.416 e. The van der Waals surface area contributed by atoms with Crippen molar-refractivity contribution in [2.24, 2.45) is 0 Å². The highest BCUT2D eigenvalue weighted by Crippen LogP contribution is 2.40. The maximum absolute atomic E-state index is 6.01. The maximum Gasteiger partial charge on any atom is 0.248 e. The van der Waals surface area contributed by atoms with Crippen LogP contribution in [0.4, 0.5) is 17.1 Å². The number of hydrogen-bond acceptors (Lipinski definition) is 4. The van der Waals surface area contributed by atoms with Crippen LogP contribution >= 0.6 is 0 Å². The van der Waals surface area contributed by atoms with Crippen LogP contribution in [0.25, 0.3) is 56.3 Å². The number of rotatable bonds is 8. The minimum Gasteiger partial charge on any atom is -0.416 e. The summed E-state index contributed by atoms with van der Waals surface area (Å²) in [7, 11) is 0. The highest BCUT2D eigenvalue weighted by molar-refractivity contribution is 5.92. The molecule has 0 radical (unpaired) electrons. The Balaban J connectivity index is 1.12. The first kappa shape index (κ1) is 28.9. The number of anilines is 3. The van der Waals surface area contributed by atoms with E-state index in [0.29, 0.717) is 11.8 Å². The Labute approximate surface area is 280 Å². The molecule has 0 atom stereocenters. The van der Waals surface area contributed by atoms with Gasteiger partial charge in [0, 0.05) is 28.2 Å². The van der Waals surface area contributed by atoms with Gasteiger partial charge in [-0.05, 0) is 94.0 Å². The Morgan fingerprint density at radius 1 is 0.292 bits per heavy atom. The molecule has 8 rings (SSSR count). The first-order valence-electron chi connectivity index (χ1n) is 16.0. The zero-order valence-corrected chi connectivity index (χ0v) is 26.1. The molecule has 48 heavy (non-hydrogen) atoms. The van der Waals surface area contributed by atoms with Crippen molar-refractivity contribution in [3.8, 4) is 56.3 Å². The predicted octanol–water partition coefficient (Wildman–Crippen LogP) is 11.9. The van der Waals surface area contributed by atoms with Gasteiger partial charge in [-0.25, -0.2) is 0 Å². The van der Waals surface area contributed by atoms with Crippen molar-refractivity contribution in [2.75, 3.05) is 4.90 Å². The zero-order valence-electron chi connectivity index (χ0n) is 26.1. The van der Waals surface area contributed by atoms with Crippen molar-refractivity contribution in [1.82, 2.24) is 10.2 Å². The molecule has 0 aliphatic carbocycles. The van der Waals surface area contributed by atoms with Crippen LogP contribution in [0.1, 0.15) is 0 Å². The Kier molecular flexibility index (Phi) is 7.87. The molecule has 0 amide bonds. The number of hydrogen-bond donors (Lipinski definition) is 0.